The summed E-state index contributed by atoms with van der Waals surface area (Å²) < 4.78 is 13.1. The maximum Gasteiger partial charge on any atom is 0.312 e. The summed E-state index contributed by atoms with van der Waals surface area (Å²) in [7, 11) is 1.56. The summed E-state index contributed by atoms with van der Waals surface area (Å²) in [5.41, 5.74) is 0.663. The molecule has 5 nitrogen and oxygen atoms in total. The average molecular weight is 293 g/mol. The van der Waals surface area contributed by atoms with Gasteiger partial charge in [0.2, 0.25) is 0 Å². The van der Waals surface area contributed by atoms with Crippen LogP contribution in [-0.2, 0) is 16.1 Å². The molecular formula is C15H20FN3O2. The molecule has 1 aromatic rings. The van der Waals surface area contributed by atoms with Crippen molar-refractivity contribution in [3.05, 3.63) is 35.6 Å². The zero-order valence-corrected chi connectivity index (χ0v) is 12.1. The molecule has 1 aromatic carbocycles. The number of likely N-dealkylation sites (N-methyl/N-ethyl adjacent to an activating group) is 1. The summed E-state index contributed by atoms with van der Waals surface area (Å²) >= 11 is 0. The van der Waals surface area contributed by atoms with E-state index in [1.165, 1.54) is 17.0 Å². The summed E-state index contributed by atoms with van der Waals surface area (Å²) in [6.07, 6.45) is 0.840. The number of halogens is 1. The number of benzene rings is 1. The predicted octanol–water partition coefficient (Wildman–Crippen LogP) is 0.606. The number of nitrogens with zero attached hydrogens (tertiary/aromatic N) is 2. The van der Waals surface area contributed by atoms with E-state index >= 15 is 0 Å². The van der Waals surface area contributed by atoms with Gasteiger partial charge in [-0.2, -0.15) is 0 Å². The van der Waals surface area contributed by atoms with Crippen LogP contribution >= 0.6 is 0 Å². The van der Waals surface area contributed by atoms with Gasteiger partial charge in [-0.05, 0) is 30.7 Å². The third kappa shape index (κ3) is 4.26. The van der Waals surface area contributed by atoms with Crippen LogP contribution in [0.25, 0.3) is 0 Å². The van der Waals surface area contributed by atoms with Crippen molar-refractivity contribution in [2.75, 3.05) is 33.2 Å². The van der Waals surface area contributed by atoms with E-state index in [2.05, 4.69) is 5.32 Å². The molecule has 2 amide bonds. The van der Waals surface area contributed by atoms with Gasteiger partial charge in [-0.1, -0.05) is 12.1 Å². The Kier molecular flexibility index (Phi) is 5.27. The highest BCUT2D eigenvalue weighted by Gasteiger charge is 2.25. The molecular weight excluding hydrogens is 273 g/mol. The first-order chi connectivity index (χ1) is 10.1. The minimum Gasteiger partial charge on any atom is -0.333 e. The van der Waals surface area contributed by atoms with Crippen LogP contribution < -0.4 is 5.32 Å². The molecule has 2 rings (SSSR count). The van der Waals surface area contributed by atoms with Gasteiger partial charge in [0.25, 0.3) is 0 Å². The number of carbonyl (C=O) groups is 2. The number of hydrogen-bond acceptors (Lipinski definition) is 3. The molecule has 1 saturated heterocycles. The molecule has 6 heteroatoms. The van der Waals surface area contributed by atoms with Crippen molar-refractivity contribution < 1.29 is 14.0 Å². The van der Waals surface area contributed by atoms with Crippen molar-refractivity contribution in [1.29, 1.82) is 0 Å². The quantitative estimate of drug-likeness (QED) is 0.813. The van der Waals surface area contributed by atoms with Gasteiger partial charge in [0.1, 0.15) is 5.82 Å². The Labute approximate surface area is 123 Å². The van der Waals surface area contributed by atoms with E-state index in [1.54, 1.807) is 24.1 Å². The standard InChI is InChI=1S/C15H20FN3O2/c1-18(11-12-4-2-5-13(16)10-12)14(20)15(21)19-8-3-6-17-7-9-19/h2,4-5,10,17H,3,6-9,11H2,1H3. The van der Waals surface area contributed by atoms with Crippen LogP contribution in [-0.4, -0.2) is 54.8 Å². The van der Waals surface area contributed by atoms with Gasteiger partial charge in [0, 0.05) is 33.2 Å². The van der Waals surface area contributed by atoms with E-state index in [9.17, 15) is 14.0 Å². The fourth-order valence-corrected chi connectivity index (χ4v) is 2.33. The molecule has 0 spiro atoms. The zero-order valence-electron chi connectivity index (χ0n) is 12.1. The van der Waals surface area contributed by atoms with Crippen LogP contribution in [0, 0.1) is 5.82 Å². The summed E-state index contributed by atoms with van der Waals surface area (Å²) in [6.45, 7) is 2.90. The number of hydrogen-bond donors (Lipinski definition) is 1. The van der Waals surface area contributed by atoms with Crippen LogP contribution in [0.2, 0.25) is 0 Å². The fourth-order valence-electron chi connectivity index (χ4n) is 2.33. The molecule has 0 unspecified atom stereocenters. The number of rotatable bonds is 2. The van der Waals surface area contributed by atoms with E-state index in [-0.39, 0.29) is 12.4 Å². The molecule has 1 N–H and O–H groups in total. The molecule has 1 fully saturated rings. The van der Waals surface area contributed by atoms with Crippen LogP contribution in [0.5, 0.6) is 0 Å². The molecule has 0 bridgehead atoms. The molecule has 0 aromatic heterocycles. The van der Waals surface area contributed by atoms with E-state index < -0.39 is 11.8 Å². The van der Waals surface area contributed by atoms with Crippen molar-refractivity contribution in [2.45, 2.75) is 13.0 Å². The van der Waals surface area contributed by atoms with Crippen molar-refractivity contribution in [3.8, 4) is 0 Å². The monoisotopic (exact) mass is 293 g/mol. The first-order valence-electron chi connectivity index (χ1n) is 7.07. The van der Waals surface area contributed by atoms with Gasteiger partial charge in [0.15, 0.2) is 0 Å². The van der Waals surface area contributed by atoms with Crippen LogP contribution in [0.15, 0.2) is 24.3 Å². The summed E-state index contributed by atoms with van der Waals surface area (Å²) in [4.78, 5) is 27.2. The lowest BCUT2D eigenvalue weighted by Crippen LogP contribution is -2.44. The van der Waals surface area contributed by atoms with Crippen molar-refractivity contribution in [1.82, 2.24) is 15.1 Å². The summed E-state index contributed by atoms with van der Waals surface area (Å²) in [5.74, 6) is -1.39. The molecule has 1 aliphatic heterocycles. The van der Waals surface area contributed by atoms with E-state index in [0.717, 1.165) is 13.0 Å². The topological polar surface area (TPSA) is 52.7 Å². The highest BCUT2D eigenvalue weighted by Crippen LogP contribution is 2.07. The van der Waals surface area contributed by atoms with Crippen molar-refractivity contribution in [3.63, 3.8) is 0 Å². The van der Waals surface area contributed by atoms with E-state index in [4.69, 9.17) is 0 Å². The van der Waals surface area contributed by atoms with Crippen LogP contribution in [0.4, 0.5) is 4.39 Å². The van der Waals surface area contributed by atoms with Gasteiger partial charge in [-0.15, -0.1) is 0 Å². The Morgan fingerprint density at radius 3 is 2.90 bits per heavy atom. The lowest BCUT2D eigenvalue weighted by atomic mass is 10.2. The van der Waals surface area contributed by atoms with Gasteiger partial charge in [-0.25, -0.2) is 4.39 Å². The molecule has 1 aliphatic rings. The van der Waals surface area contributed by atoms with Gasteiger partial charge < -0.3 is 15.1 Å². The number of carbonyl (C=O) groups excluding carboxylic acids is 2. The van der Waals surface area contributed by atoms with E-state index in [0.29, 0.717) is 25.2 Å². The first-order valence-corrected chi connectivity index (χ1v) is 7.07. The molecule has 21 heavy (non-hydrogen) atoms. The molecule has 0 atom stereocenters. The Morgan fingerprint density at radius 1 is 1.33 bits per heavy atom. The Morgan fingerprint density at radius 2 is 2.14 bits per heavy atom. The second-order valence-electron chi connectivity index (χ2n) is 5.19. The molecule has 0 aliphatic carbocycles. The van der Waals surface area contributed by atoms with E-state index in [1.807, 2.05) is 0 Å². The average Bonchev–Trinajstić information content (AvgIpc) is 2.74. The van der Waals surface area contributed by atoms with Crippen LogP contribution in [0.1, 0.15) is 12.0 Å². The Balaban J connectivity index is 1.96. The van der Waals surface area contributed by atoms with Gasteiger partial charge >= 0.3 is 11.8 Å². The normalized spacial score (nSPS) is 15.4. The lowest BCUT2D eigenvalue weighted by molar-refractivity contribution is -0.151. The third-order valence-corrected chi connectivity index (χ3v) is 3.47. The molecule has 1 heterocycles. The molecule has 0 radical (unpaired) electrons. The third-order valence-electron chi connectivity index (χ3n) is 3.47. The maximum atomic E-state index is 13.1. The number of amides is 2. The van der Waals surface area contributed by atoms with Gasteiger partial charge in [-0.3, -0.25) is 9.59 Å². The lowest BCUT2D eigenvalue weighted by Gasteiger charge is -2.23. The highest BCUT2D eigenvalue weighted by molar-refractivity contribution is 6.34. The minimum absolute atomic E-state index is 0.217. The van der Waals surface area contributed by atoms with Gasteiger partial charge in [0.05, 0.1) is 0 Å². The second kappa shape index (κ2) is 7.17. The molecule has 0 saturated carbocycles. The summed E-state index contributed by atoms with van der Waals surface area (Å²) in [5, 5.41) is 3.19. The predicted molar refractivity (Wildman–Crippen MR) is 76.9 cm³/mol. The second-order valence-corrected chi connectivity index (χ2v) is 5.19. The Bertz CT molecular complexity index is 513. The highest BCUT2D eigenvalue weighted by atomic mass is 19.1. The first kappa shape index (κ1) is 15.4. The number of nitrogens with one attached hydrogen (secondary N) is 1. The zero-order chi connectivity index (χ0) is 15.2. The largest absolute Gasteiger partial charge is 0.333 e. The van der Waals surface area contributed by atoms with Crippen molar-refractivity contribution in [2.24, 2.45) is 0 Å². The SMILES string of the molecule is CN(Cc1cccc(F)c1)C(=O)C(=O)N1CCCNCC1. The minimum atomic E-state index is -0.554. The van der Waals surface area contributed by atoms with Crippen molar-refractivity contribution >= 4 is 11.8 Å². The summed E-state index contributed by atoms with van der Waals surface area (Å²) in [6, 6.07) is 6.03. The van der Waals surface area contributed by atoms with Crippen LogP contribution in [0.3, 0.4) is 0 Å². The fraction of sp³-hybridized carbons (Fsp3) is 0.467. The smallest absolute Gasteiger partial charge is 0.312 e. The maximum absolute atomic E-state index is 13.1. The molecule has 114 valence electrons. The Hall–Kier alpha value is -1.95.